The molecule has 2 unspecified atom stereocenters. The fourth-order valence-corrected chi connectivity index (χ4v) is 3.79. The average molecular weight is 353 g/mol. The average Bonchev–Trinajstić information content (AvgIpc) is 3.22. The van der Waals surface area contributed by atoms with E-state index in [0.717, 1.165) is 43.6 Å². The largest absolute Gasteiger partial charge is 0.331 e. The van der Waals surface area contributed by atoms with E-state index in [4.69, 9.17) is 0 Å². The van der Waals surface area contributed by atoms with E-state index in [1.807, 2.05) is 32.0 Å². The Morgan fingerprint density at radius 3 is 2.65 bits per heavy atom. The van der Waals surface area contributed by atoms with Crippen molar-refractivity contribution < 1.29 is 4.79 Å². The second-order valence-corrected chi connectivity index (χ2v) is 6.84. The molecule has 0 spiro atoms. The number of nitrogens with one attached hydrogen (secondary N) is 1. The molecular weight excluding hydrogens is 326 g/mol. The van der Waals surface area contributed by atoms with Crippen LogP contribution in [0.5, 0.6) is 0 Å². The lowest BCUT2D eigenvalue weighted by Gasteiger charge is -2.28. The highest BCUT2D eigenvalue weighted by atomic mass is 16.2. The summed E-state index contributed by atoms with van der Waals surface area (Å²) in [6, 6.07) is 6.53. The zero-order valence-corrected chi connectivity index (χ0v) is 15.6. The van der Waals surface area contributed by atoms with Crippen molar-refractivity contribution in [2.45, 2.75) is 45.2 Å². The van der Waals surface area contributed by atoms with Crippen LogP contribution in [0.25, 0.3) is 5.69 Å². The second kappa shape index (κ2) is 8.27. The summed E-state index contributed by atoms with van der Waals surface area (Å²) in [4.78, 5) is 16.9. The molecule has 2 aliphatic rings. The maximum atomic E-state index is 13.3. The third-order valence-corrected chi connectivity index (χ3v) is 4.91. The zero-order valence-electron chi connectivity index (χ0n) is 15.6. The first-order valence-corrected chi connectivity index (χ1v) is 9.23. The van der Waals surface area contributed by atoms with Gasteiger partial charge in [-0.2, -0.15) is 15.0 Å². The van der Waals surface area contributed by atoms with E-state index >= 15 is 0 Å². The molecule has 2 fully saturated rings. The number of carbonyl (C=O) groups is 1. The van der Waals surface area contributed by atoms with Gasteiger partial charge in [-0.3, -0.25) is 4.79 Å². The minimum absolute atomic E-state index is 0.109. The predicted octanol–water partition coefficient (Wildman–Crippen LogP) is 2.73. The highest BCUT2D eigenvalue weighted by molar-refractivity contribution is 5.98. The van der Waals surface area contributed by atoms with Crippen LogP contribution in [0.3, 0.4) is 0 Å². The van der Waals surface area contributed by atoms with Gasteiger partial charge >= 0.3 is 0 Å². The van der Waals surface area contributed by atoms with Crippen molar-refractivity contribution >= 4 is 5.91 Å². The molecule has 1 N–H and O–H groups in total. The normalized spacial score (nSPS) is 21.5. The molecule has 4 rings (SSSR count). The lowest BCUT2D eigenvalue weighted by molar-refractivity contribution is 0.0680. The van der Waals surface area contributed by atoms with Crippen LogP contribution in [0.1, 0.15) is 42.1 Å². The minimum Gasteiger partial charge on any atom is -0.331 e. The number of hydrogen-bond acceptors (Lipinski definition) is 4. The molecule has 3 heterocycles. The number of rotatable bonds is 2. The summed E-state index contributed by atoms with van der Waals surface area (Å²) >= 11 is 0. The number of amides is 1. The van der Waals surface area contributed by atoms with Crippen molar-refractivity contribution in [2.75, 3.05) is 13.1 Å². The standard InChI is InChI=1S/C17H21N5O.C3H6/c1-12-2-5-16(22-19-8-9-20-22)15(10-12)17(23)21-13-3-4-14(21)11-18-7-6-13;1-3-2/h2,5,8-10,13-14,18H,3-4,6-7,11H2,1H3;3H,1H2,2H3. The summed E-state index contributed by atoms with van der Waals surface area (Å²) in [5.41, 5.74) is 2.52. The Morgan fingerprint density at radius 2 is 1.92 bits per heavy atom. The van der Waals surface area contributed by atoms with Crippen LogP contribution in [0.2, 0.25) is 0 Å². The summed E-state index contributed by atoms with van der Waals surface area (Å²) in [5.74, 6) is 0.109. The van der Waals surface area contributed by atoms with Crippen molar-refractivity contribution in [3.8, 4) is 5.69 Å². The molecule has 138 valence electrons. The third kappa shape index (κ3) is 3.70. The van der Waals surface area contributed by atoms with E-state index in [-0.39, 0.29) is 5.91 Å². The third-order valence-electron chi connectivity index (χ3n) is 4.91. The van der Waals surface area contributed by atoms with Crippen molar-refractivity contribution in [3.63, 3.8) is 0 Å². The molecule has 26 heavy (non-hydrogen) atoms. The molecular formula is C20H27N5O. The number of aromatic nitrogens is 3. The Morgan fingerprint density at radius 1 is 1.23 bits per heavy atom. The molecule has 2 saturated heterocycles. The molecule has 1 aromatic carbocycles. The highest BCUT2D eigenvalue weighted by Crippen LogP contribution is 2.31. The monoisotopic (exact) mass is 353 g/mol. The Balaban J connectivity index is 0.000000613. The molecule has 2 aliphatic heterocycles. The topological polar surface area (TPSA) is 63.1 Å². The van der Waals surface area contributed by atoms with Crippen LogP contribution in [0, 0.1) is 6.92 Å². The lowest BCUT2D eigenvalue weighted by atomic mass is 10.1. The fraction of sp³-hybridized carbons (Fsp3) is 0.450. The van der Waals surface area contributed by atoms with Crippen LogP contribution in [-0.2, 0) is 0 Å². The van der Waals surface area contributed by atoms with Gasteiger partial charge in [0.1, 0.15) is 0 Å². The van der Waals surface area contributed by atoms with Crippen molar-refractivity contribution in [1.82, 2.24) is 25.2 Å². The van der Waals surface area contributed by atoms with E-state index in [1.54, 1.807) is 18.5 Å². The van der Waals surface area contributed by atoms with Crippen molar-refractivity contribution in [1.29, 1.82) is 0 Å². The minimum atomic E-state index is 0.109. The molecule has 2 aromatic rings. The van der Waals surface area contributed by atoms with Gasteiger partial charge in [-0.1, -0.05) is 17.7 Å². The molecule has 0 radical (unpaired) electrons. The number of allylic oxidation sites excluding steroid dienone is 1. The van der Waals surface area contributed by atoms with E-state index < -0.39 is 0 Å². The maximum absolute atomic E-state index is 13.3. The maximum Gasteiger partial charge on any atom is 0.256 e. The van der Waals surface area contributed by atoms with Gasteiger partial charge in [0.15, 0.2) is 0 Å². The van der Waals surface area contributed by atoms with E-state index in [1.165, 1.54) is 4.80 Å². The van der Waals surface area contributed by atoms with Gasteiger partial charge in [-0.15, -0.1) is 6.58 Å². The van der Waals surface area contributed by atoms with Gasteiger partial charge < -0.3 is 10.2 Å². The first-order chi connectivity index (χ1) is 12.7. The SMILES string of the molecule is C=CC.Cc1ccc(-n2nccn2)c(C(=O)N2C3CCNCC2CC3)c1. The number of fused-ring (bicyclic) bond motifs is 2. The summed E-state index contributed by atoms with van der Waals surface area (Å²) < 4.78 is 0. The summed E-state index contributed by atoms with van der Waals surface area (Å²) in [6.07, 6.45) is 8.24. The molecule has 6 heteroatoms. The zero-order chi connectivity index (χ0) is 18.5. The molecule has 6 nitrogen and oxygen atoms in total. The molecule has 0 saturated carbocycles. The number of nitrogens with zero attached hydrogens (tertiary/aromatic N) is 4. The molecule has 1 aromatic heterocycles. The van der Waals surface area contributed by atoms with Crippen LogP contribution < -0.4 is 5.32 Å². The number of carbonyl (C=O) groups excluding carboxylic acids is 1. The molecule has 2 atom stereocenters. The highest BCUT2D eigenvalue weighted by Gasteiger charge is 2.39. The lowest BCUT2D eigenvalue weighted by Crippen LogP contribution is -2.42. The number of benzene rings is 1. The van der Waals surface area contributed by atoms with Gasteiger partial charge in [-0.05, 0) is 51.8 Å². The van der Waals surface area contributed by atoms with Crippen LogP contribution >= 0.6 is 0 Å². The number of hydrogen-bond donors (Lipinski definition) is 1. The van der Waals surface area contributed by atoms with Crippen LogP contribution in [-0.4, -0.2) is 51.0 Å². The predicted molar refractivity (Wildman–Crippen MR) is 102 cm³/mol. The fourth-order valence-electron chi connectivity index (χ4n) is 3.79. The van der Waals surface area contributed by atoms with E-state index in [0.29, 0.717) is 17.6 Å². The summed E-state index contributed by atoms with van der Waals surface area (Å²) in [6.45, 7) is 9.14. The second-order valence-electron chi connectivity index (χ2n) is 6.84. The first-order valence-electron chi connectivity index (χ1n) is 9.23. The van der Waals surface area contributed by atoms with Crippen LogP contribution in [0.4, 0.5) is 0 Å². The Hall–Kier alpha value is -2.47. The summed E-state index contributed by atoms with van der Waals surface area (Å²) in [5, 5.41) is 11.8. The summed E-state index contributed by atoms with van der Waals surface area (Å²) in [7, 11) is 0. The smallest absolute Gasteiger partial charge is 0.256 e. The first kappa shape index (κ1) is 18.3. The van der Waals surface area contributed by atoms with Crippen molar-refractivity contribution in [3.05, 3.63) is 54.4 Å². The molecule has 2 bridgehead atoms. The molecule has 1 amide bonds. The Kier molecular flexibility index (Phi) is 5.83. The van der Waals surface area contributed by atoms with E-state index in [2.05, 4.69) is 27.0 Å². The van der Waals surface area contributed by atoms with Gasteiger partial charge in [0.05, 0.1) is 23.6 Å². The van der Waals surface area contributed by atoms with Gasteiger partial charge in [0.2, 0.25) is 0 Å². The Labute approximate surface area is 154 Å². The Bertz CT molecular complexity index is 742. The van der Waals surface area contributed by atoms with Gasteiger partial charge in [0, 0.05) is 18.6 Å². The van der Waals surface area contributed by atoms with Gasteiger partial charge in [-0.25, -0.2) is 0 Å². The van der Waals surface area contributed by atoms with Crippen LogP contribution in [0.15, 0.2) is 43.2 Å². The number of aryl methyl sites for hydroxylation is 1. The van der Waals surface area contributed by atoms with E-state index in [9.17, 15) is 4.79 Å². The van der Waals surface area contributed by atoms with Crippen molar-refractivity contribution in [2.24, 2.45) is 0 Å². The quantitative estimate of drug-likeness (QED) is 0.843. The van der Waals surface area contributed by atoms with Gasteiger partial charge in [0.25, 0.3) is 5.91 Å². The molecule has 0 aliphatic carbocycles.